The number of carbonyl (C=O) groups excluding carboxylic acids is 3. The van der Waals surface area contributed by atoms with Gasteiger partial charge in [-0.1, -0.05) is 36.4 Å². The van der Waals surface area contributed by atoms with E-state index in [0.29, 0.717) is 13.0 Å². The number of hydrogen-bond donors (Lipinski definition) is 1. The summed E-state index contributed by atoms with van der Waals surface area (Å²) >= 11 is 0. The van der Waals surface area contributed by atoms with Gasteiger partial charge in [-0.25, -0.2) is 4.39 Å². The summed E-state index contributed by atoms with van der Waals surface area (Å²) in [5, 5.41) is 2.66. The molecule has 0 unspecified atom stereocenters. The van der Waals surface area contributed by atoms with Crippen LogP contribution in [-0.4, -0.2) is 35.7 Å². The van der Waals surface area contributed by atoms with E-state index in [4.69, 9.17) is 0 Å². The van der Waals surface area contributed by atoms with Crippen molar-refractivity contribution in [1.82, 2.24) is 10.2 Å². The Morgan fingerprint density at radius 1 is 1.00 bits per heavy atom. The van der Waals surface area contributed by atoms with Crippen molar-refractivity contribution in [3.05, 3.63) is 71.0 Å². The van der Waals surface area contributed by atoms with Crippen LogP contribution in [0.2, 0.25) is 0 Å². The third kappa shape index (κ3) is 3.03. The summed E-state index contributed by atoms with van der Waals surface area (Å²) in [7, 11) is 0. The average Bonchev–Trinajstić information content (AvgIpc) is 2.82. The Bertz CT molecular complexity index is 805. The molecule has 3 amide bonds. The lowest BCUT2D eigenvalue weighted by Crippen LogP contribution is -2.40. The van der Waals surface area contributed by atoms with Crippen LogP contribution in [0.5, 0.6) is 0 Å². The van der Waals surface area contributed by atoms with Crippen LogP contribution in [0.15, 0.2) is 48.5 Å². The number of nitrogens with one attached hydrogen (secondary N) is 1. The molecule has 0 aliphatic carbocycles. The van der Waals surface area contributed by atoms with Crippen molar-refractivity contribution in [3.8, 4) is 0 Å². The standard InChI is InChI=1S/C18H15FN2O3/c19-14-8-4-7-13-16(14)18(24)21(17(13)23)11-15(22)20-10-9-12-5-2-1-3-6-12/h1-8H,9-11H2,(H,20,22). The molecule has 122 valence electrons. The SMILES string of the molecule is O=C(CN1C(=O)c2cccc(F)c2C1=O)NCCc1ccccc1. The summed E-state index contributed by atoms with van der Waals surface area (Å²) in [5.74, 6) is -2.63. The number of amides is 3. The molecule has 0 spiro atoms. The van der Waals surface area contributed by atoms with Crippen molar-refractivity contribution in [3.63, 3.8) is 0 Å². The molecule has 0 aromatic heterocycles. The quantitative estimate of drug-likeness (QED) is 0.852. The monoisotopic (exact) mass is 326 g/mol. The molecule has 24 heavy (non-hydrogen) atoms. The fourth-order valence-electron chi connectivity index (χ4n) is 2.63. The summed E-state index contributed by atoms with van der Waals surface area (Å²) in [5.41, 5.74) is 0.803. The van der Waals surface area contributed by atoms with E-state index >= 15 is 0 Å². The molecule has 1 aliphatic rings. The van der Waals surface area contributed by atoms with Gasteiger partial charge >= 0.3 is 0 Å². The van der Waals surface area contributed by atoms with Gasteiger partial charge in [-0.05, 0) is 24.1 Å². The van der Waals surface area contributed by atoms with Crippen LogP contribution < -0.4 is 5.32 Å². The number of nitrogens with zero attached hydrogens (tertiary/aromatic N) is 1. The number of halogens is 1. The highest BCUT2D eigenvalue weighted by atomic mass is 19.1. The lowest BCUT2D eigenvalue weighted by molar-refractivity contribution is -0.121. The number of imide groups is 1. The zero-order valence-electron chi connectivity index (χ0n) is 12.8. The Morgan fingerprint density at radius 3 is 2.46 bits per heavy atom. The first-order valence-corrected chi connectivity index (χ1v) is 7.53. The predicted molar refractivity (Wildman–Crippen MR) is 84.9 cm³/mol. The molecule has 6 heteroatoms. The maximum atomic E-state index is 13.7. The Hall–Kier alpha value is -3.02. The van der Waals surface area contributed by atoms with Gasteiger partial charge in [0.05, 0.1) is 11.1 Å². The molecule has 5 nitrogen and oxygen atoms in total. The molecule has 0 atom stereocenters. The van der Waals surface area contributed by atoms with Crippen LogP contribution in [0.3, 0.4) is 0 Å². The van der Waals surface area contributed by atoms with Crippen molar-refractivity contribution in [1.29, 1.82) is 0 Å². The van der Waals surface area contributed by atoms with E-state index in [1.54, 1.807) is 0 Å². The highest BCUT2D eigenvalue weighted by molar-refractivity contribution is 6.22. The normalized spacial score (nSPS) is 13.1. The van der Waals surface area contributed by atoms with Gasteiger partial charge in [0.2, 0.25) is 5.91 Å². The molecule has 3 rings (SSSR count). The highest BCUT2D eigenvalue weighted by Gasteiger charge is 2.38. The van der Waals surface area contributed by atoms with E-state index in [2.05, 4.69) is 5.32 Å². The maximum Gasteiger partial charge on any atom is 0.265 e. The minimum absolute atomic E-state index is 0.00270. The van der Waals surface area contributed by atoms with Gasteiger partial charge in [-0.2, -0.15) is 0 Å². The van der Waals surface area contributed by atoms with E-state index in [9.17, 15) is 18.8 Å². The third-order valence-electron chi connectivity index (χ3n) is 3.83. The highest BCUT2D eigenvalue weighted by Crippen LogP contribution is 2.24. The summed E-state index contributed by atoms with van der Waals surface area (Å²) in [6.45, 7) is -0.0268. The molecule has 1 heterocycles. The van der Waals surface area contributed by atoms with Crippen molar-refractivity contribution in [2.45, 2.75) is 6.42 Å². The van der Waals surface area contributed by atoms with Gasteiger partial charge in [-0.3, -0.25) is 19.3 Å². The second kappa shape index (κ2) is 6.62. The maximum absolute atomic E-state index is 13.7. The molecule has 1 N–H and O–H groups in total. The number of carbonyl (C=O) groups is 3. The molecule has 0 fully saturated rings. The van der Waals surface area contributed by atoms with Crippen LogP contribution in [-0.2, 0) is 11.2 Å². The Balaban J connectivity index is 1.59. The number of fused-ring (bicyclic) bond motifs is 1. The smallest absolute Gasteiger partial charge is 0.265 e. The van der Waals surface area contributed by atoms with Crippen molar-refractivity contribution < 1.29 is 18.8 Å². The van der Waals surface area contributed by atoms with Gasteiger partial charge in [0.25, 0.3) is 11.8 Å². The Morgan fingerprint density at radius 2 is 1.75 bits per heavy atom. The minimum atomic E-state index is -0.772. The summed E-state index contributed by atoms with van der Waals surface area (Å²) in [4.78, 5) is 37.0. The first kappa shape index (κ1) is 15.9. The second-order valence-corrected chi connectivity index (χ2v) is 5.44. The van der Waals surface area contributed by atoms with Crippen molar-refractivity contribution in [2.24, 2.45) is 0 Å². The fraction of sp³-hybridized carbons (Fsp3) is 0.167. The molecule has 0 saturated carbocycles. The molecule has 0 bridgehead atoms. The predicted octanol–water partition coefficient (Wildman–Crippen LogP) is 1.78. The lowest BCUT2D eigenvalue weighted by atomic mass is 10.1. The van der Waals surface area contributed by atoms with E-state index in [1.165, 1.54) is 12.1 Å². The Labute approximate surface area is 138 Å². The van der Waals surface area contributed by atoms with E-state index in [-0.39, 0.29) is 11.1 Å². The van der Waals surface area contributed by atoms with Crippen LogP contribution in [0.25, 0.3) is 0 Å². The molecule has 0 saturated heterocycles. The number of hydrogen-bond acceptors (Lipinski definition) is 3. The topological polar surface area (TPSA) is 66.5 Å². The van der Waals surface area contributed by atoms with Gasteiger partial charge in [-0.15, -0.1) is 0 Å². The van der Waals surface area contributed by atoms with E-state index in [1.807, 2.05) is 30.3 Å². The third-order valence-corrected chi connectivity index (χ3v) is 3.83. The lowest BCUT2D eigenvalue weighted by Gasteiger charge is -2.13. The van der Waals surface area contributed by atoms with Crippen LogP contribution >= 0.6 is 0 Å². The van der Waals surface area contributed by atoms with Gasteiger partial charge in [0, 0.05) is 6.54 Å². The van der Waals surface area contributed by atoms with E-state index < -0.39 is 30.1 Å². The van der Waals surface area contributed by atoms with Crippen LogP contribution in [0.4, 0.5) is 4.39 Å². The van der Waals surface area contributed by atoms with Crippen molar-refractivity contribution in [2.75, 3.05) is 13.1 Å². The first-order chi connectivity index (χ1) is 11.6. The zero-order chi connectivity index (χ0) is 17.1. The zero-order valence-corrected chi connectivity index (χ0v) is 12.8. The molecular formula is C18H15FN2O3. The second-order valence-electron chi connectivity index (χ2n) is 5.44. The van der Waals surface area contributed by atoms with Gasteiger partial charge in [0.15, 0.2) is 0 Å². The van der Waals surface area contributed by atoms with Gasteiger partial charge < -0.3 is 5.32 Å². The summed E-state index contributed by atoms with van der Waals surface area (Å²) in [6, 6.07) is 13.5. The number of benzene rings is 2. The summed E-state index contributed by atoms with van der Waals surface area (Å²) in [6.07, 6.45) is 0.642. The largest absolute Gasteiger partial charge is 0.354 e. The molecule has 2 aromatic carbocycles. The molecule has 1 aliphatic heterocycles. The Kier molecular flexibility index (Phi) is 4.37. The van der Waals surface area contributed by atoms with Crippen molar-refractivity contribution >= 4 is 17.7 Å². The number of rotatable bonds is 5. The first-order valence-electron chi connectivity index (χ1n) is 7.53. The van der Waals surface area contributed by atoms with Crippen LogP contribution in [0.1, 0.15) is 26.3 Å². The molecule has 0 radical (unpaired) electrons. The fourth-order valence-corrected chi connectivity index (χ4v) is 2.63. The minimum Gasteiger partial charge on any atom is -0.354 e. The van der Waals surface area contributed by atoms with E-state index in [0.717, 1.165) is 16.5 Å². The molecular weight excluding hydrogens is 311 g/mol. The molecule has 2 aromatic rings. The van der Waals surface area contributed by atoms with Crippen LogP contribution in [0, 0.1) is 5.82 Å². The van der Waals surface area contributed by atoms with Gasteiger partial charge in [0.1, 0.15) is 12.4 Å². The summed E-state index contributed by atoms with van der Waals surface area (Å²) < 4.78 is 13.7. The average molecular weight is 326 g/mol.